The molecule has 0 radical (unpaired) electrons. The molecule has 1 saturated heterocycles. The van der Waals surface area contributed by atoms with Crippen LogP contribution in [0.2, 0.25) is 0 Å². The monoisotopic (exact) mass is 331 g/mol. The minimum absolute atomic E-state index is 0.0492. The third-order valence-electron chi connectivity index (χ3n) is 3.29. The summed E-state index contributed by atoms with van der Waals surface area (Å²) in [4.78, 5) is 12.2. The van der Waals surface area contributed by atoms with Gasteiger partial charge in [-0.3, -0.25) is 4.79 Å². The number of benzene rings is 1. The first-order valence-corrected chi connectivity index (χ1v) is 7.13. The van der Waals surface area contributed by atoms with Crippen LogP contribution in [0.25, 0.3) is 0 Å². The Morgan fingerprint density at radius 1 is 1.47 bits per heavy atom. The number of phenols is 1. The second kappa shape index (κ2) is 5.88. The molecule has 19 heavy (non-hydrogen) atoms. The Kier molecular flexibility index (Phi) is 4.42. The van der Waals surface area contributed by atoms with E-state index in [9.17, 15) is 14.3 Å². The maximum atomic E-state index is 13.1. The predicted octanol–water partition coefficient (Wildman–Crippen LogP) is 2.21. The number of alkyl halides is 1. The fourth-order valence-corrected chi connectivity index (χ4v) is 2.75. The Morgan fingerprint density at radius 3 is 2.79 bits per heavy atom. The minimum Gasteiger partial charge on any atom is -0.507 e. The van der Waals surface area contributed by atoms with Crippen molar-refractivity contribution in [2.24, 2.45) is 0 Å². The van der Waals surface area contributed by atoms with Crippen LogP contribution in [-0.2, 0) is 4.74 Å². The number of amides is 1. The maximum absolute atomic E-state index is 13.1. The molecule has 0 aromatic heterocycles. The molecule has 0 saturated carbocycles. The van der Waals surface area contributed by atoms with E-state index < -0.39 is 17.3 Å². The number of aromatic hydroxyl groups is 1. The maximum Gasteiger partial charge on any atom is 0.255 e. The molecule has 4 nitrogen and oxygen atoms in total. The van der Waals surface area contributed by atoms with Crippen molar-refractivity contribution < 1.29 is 19.0 Å². The third kappa shape index (κ3) is 3.25. The van der Waals surface area contributed by atoms with Gasteiger partial charge in [0.2, 0.25) is 0 Å². The summed E-state index contributed by atoms with van der Waals surface area (Å²) >= 11 is 3.40. The molecule has 1 fully saturated rings. The van der Waals surface area contributed by atoms with Crippen molar-refractivity contribution in [3.8, 4) is 5.75 Å². The van der Waals surface area contributed by atoms with Crippen LogP contribution in [0.5, 0.6) is 5.75 Å². The largest absolute Gasteiger partial charge is 0.507 e. The summed E-state index contributed by atoms with van der Waals surface area (Å²) in [7, 11) is 0. The molecule has 1 aromatic carbocycles. The van der Waals surface area contributed by atoms with E-state index in [-0.39, 0.29) is 11.3 Å². The predicted molar refractivity (Wildman–Crippen MR) is 72.1 cm³/mol. The van der Waals surface area contributed by atoms with E-state index in [1.165, 1.54) is 6.07 Å². The lowest BCUT2D eigenvalue weighted by atomic mass is 9.92. The quantitative estimate of drug-likeness (QED) is 0.835. The molecule has 0 spiro atoms. The summed E-state index contributed by atoms with van der Waals surface area (Å²) in [6, 6.07) is 3.32. The molecule has 2 N–H and O–H groups in total. The van der Waals surface area contributed by atoms with Gasteiger partial charge in [-0.15, -0.1) is 0 Å². The van der Waals surface area contributed by atoms with Gasteiger partial charge in [-0.25, -0.2) is 4.39 Å². The standard InChI is InChI=1S/C13H15BrFNO3/c14-8-13(3-5-19-6-4-13)16-12(18)10-7-9(15)1-2-11(10)17/h1-2,7,17H,3-6,8H2,(H,16,18). The topological polar surface area (TPSA) is 58.6 Å². The number of rotatable bonds is 3. The lowest BCUT2D eigenvalue weighted by Gasteiger charge is -2.36. The van der Waals surface area contributed by atoms with Gasteiger partial charge < -0.3 is 15.2 Å². The summed E-state index contributed by atoms with van der Waals surface area (Å²) in [5.74, 6) is -1.25. The van der Waals surface area contributed by atoms with Crippen molar-refractivity contribution in [1.29, 1.82) is 0 Å². The highest BCUT2D eigenvalue weighted by atomic mass is 79.9. The molecule has 104 valence electrons. The molecule has 1 heterocycles. The van der Waals surface area contributed by atoms with Gasteiger partial charge in [-0.05, 0) is 31.0 Å². The highest BCUT2D eigenvalue weighted by molar-refractivity contribution is 9.09. The van der Waals surface area contributed by atoms with Gasteiger partial charge in [-0.2, -0.15) is 0 Å². The van der Waals surface area contributed by atoms with Crippen LogP contribution in [0, 0.1) is 5.82 Å². The number of phenolic OH excluding ortho intramolecular Hbond substituents is 1. The zero-order valence-electron chi connectivity index (χ0n) is 10.3. The van der Waals surface area contributed by atoms with Gasteiger partial charge in [0.05, 0.1) is 11.1 Å². The van der Waals surface area contributed by atoms with E-state index in [0.29, 0.717) is 31.4 Å². The van der Waals surface area contributed by atoms with Crippen LogP contribution in [0.4, 0.5) is 4.39 Å². The average molecular weight is 332 g/mol. The second-order valence-corrected chi connectivity index (χ2v) is 5.20. The van der Waals surface area contributed by atoms with Crippen molar-refractivity contribution in [3.63, 3.8) is 0 Å². The lowest BCUT2D eigenvalue weighted by Crippen LogP contribution is -2.53. The molecule has 6 heteroatoms. The highest BCUT2D eigenvalue weighted by Gasteiger charge is 2.33. The molecule has 0 aliphatic carbocycles. The molecule has 1 aromatic rings. The first kappa shape index (κ1) is 14.3. The minimum atomic E-state index is -0.553. The van der Waals surface area contributed by atoms with Crippen LogP contribution in [0.1, 0.15) is 23.2 Å². The van der Waals surface area contributed by atoms with Crippen molar-refractivity contribution in [2.45, 2.75) is 18.4 Å². The zero-order valence-corrected chi connectivity index (χ0v) is 11.9. The number of nitrogens with one attached hydrogen (secondary N) is 1. The molecule has 2 rings (SSSR count). The van der Waals surface area contributed by atoms with Crippen molar-refractivity contribution in [1.82, 2.24) is 5.32 Å². The third-order valence-corrected chi connectivity index (χ3v) is 4.36. The van der Waals surface area contributed by atoms with E-state index in [4.69, 9.17) is 4.74 Å². The van der Waals surface area contributed by atoms with Crippen LogP contribution in [0.15, 0.2) is 18.2 Å². The first-order chi connectivity index (χ1) is 9.06. The molecular formula is C13H15BrFNO3. The summed E-state index contributed by atoms with van der Waals surface area (Å²) in [6.45, 7) is 1.14. The Hall–Kier alpha value is -1.14. The summed E-state index contributed by atoms with van der Waals surface area (Å²) in [5.41, 5.74) is -0.458. The molecular weight excluding hydrogens is 317 g/mol. The Bertz CT molecular complexity index is 475. The van der Waals surface area contributed by atoms with Gasteiger partial charge in [0, 0.05) is 18.5 Å². The molecule has 0 atom stereocenters. The van der Waals surface area contributed by atoms with Gasteiger partial charge in [0.15, 0.2) is 0 Å². The van der Waals surface area contributed by atoms with E-state index in [1.807, 2.05) is 0 Å². The smallest absolute Gasteiger partial charge is 0.255 e. The Balaban J connectivity index is 2.17. The number of ether oxygens (including phenoxy) is 1. The Morgan fingerprint density at radius 2 is 2.16 bits per heavy atom. The van der Waals surface area contributed by atoms with E-state index in [2.05, 4.69) is 21.2 Å². The molecule has 1 aliphatic heterocycles. The van der Waals surface area contributed by atoms with Crippen LogP contribution < -0.4 is 5.32 Å². The van der Waals surface area contributed by atoms with Gasteiger partial charge in [0.1, 0.15) is 11.6 Å². The van der Waals surface area contributed by atoms with Crippen LogP contribution in [-0.4, -0.2) is 35.1 Å². The number of halogens is 2. The zero-order chi connectivity index (χ0) is 13.9. The number of carbonyl (C=O) groups is 1. The molecule has 1 aliphatic rings. The van der Waals surface area contributed by atoms with Gasteiger partial charge in [0.25, 0.3) is 5.91 Å². The highest BCUT2D eigenvalue weighted by Crippen LogP contribution is 2.25. The van der Waals surface area contributed by atoms with Gasteiger partial charge >= 0.3 is 0 Å². The fourth-order valence-electron chi connectivity index (χ4n) is 2.05. The van der Waals surface area contributed by atoms with E-state index in [1.54, 1.807) is 0 Å². The number of hydrogen-bond acceptors (Lipinski definition) is 3. The SMILES string of the molecule is O=C(NC1(CBr)CCOCC1)c1cc(F)ccc1O. The molecule has 0 unspecified atom stereocenters. The van der Waals surface area contributed by atoms with Gasteiger partial charge in [-0.1, -0.05) is 15.9 Å². The fraction of sp³-hybridized carbons (Fsp3) is 0.462. The van der Waals surface area contributed by atoms with Crippen molar-refractivity contribution >= 4 is 21.8 Å². The second-order valence-electron chi connectivity index (χ2n) is 4.64. The van der Waals surface area contributed by atoms with Crippen LogP contribution >= 0.6 is 15.9 Å². The first-order valence-electron chi connectivity index (χ1n) is 6.01. The lowest BCUT2D eigenvalue weighted by molar-refractivity contribution is 0.0441. The number of carbonyl (C=O) groups excluding carboxylic acids is 1. The van der Waals surface area contributed by atoms with E-state index in [0.717, 1.165) is 12.1 Å². The normalized spacial score (nSPS) is 18.0. The Labute approximate surface area is 119 Å². The molecule has 0 bridgehead atoms. The van der Waals surface area contributed by atoms with Crippen molar-refractivity contribution in [2.75, 3.05) is 18.5 Å². The summed E-state index contributed by atoms with van der Waals surface area (Å²) in [6.07, 6.45) is 1.36. The molecule has 1 amide bonds. The summed E-state index contributed by atoms with van der Waals surface area (Å²) < 4.78 is 18.4. The summed E-state index contributed by atoms with van der Waals surface area (Å²) in [5, 5.41) is 13.1. The number of hydrogen-bond donors (Lipinski definition) is 2. The average Bonchev–Trinajstić information content (AvgIpc) is 2.42. The van der Waals surface area contributed by atoms with Crippen LogP contribution in [0.3, 0.4) is 0 Å². The van der Waals surface area contributed by atoms with Crippen molar-refractivity contribution in [3.05, 3.63) is 29.6 Å². The van der Waals surface area contributed by atoms with E-state index >= 15 is 0 Å².